The van der Waals surface area contributed by atoms with Crippen molar-refractivity contribution in [1.82, 2.24) is 9.78 Å². The third-order valence-corrected chi connectivity index (χ3v) is 3.36. The Morgan fingerprint density at radius 3 is 2.75 bits per heavy atom. The third-order valence-electron chi connectivity index (χ3n) is 3.36. The van der Waals surface area contributed by atoms with Gasteiger partial charge in [-0.15, -0.1) is 0 Å². The second kappa shape index (κ2) is 4.48. The van der Waals surface area contributed by atoms with E-state index in [1.807, 2.05) is 30.3 Å². The lowest BCUT2D eigenvalue weighted by molar-refractivity contribution is -0.143. The lowest BCUT2D eigenvalue weighted by Crippen LogP contribution is -2.32. The van der Waals surface area contributed by atoms with Gasteiger partial charge in [0.1, 0.15) is 5.82 Å². The fraction of sp³-hybridized carbons (Fsp3) is 0.214. The number of carbonyl (C=O) groups is 2. The highest BCUT2D eigenvalue weighted by Crippen LogP contribution is 2.36. The van der Waals surface area contributed by atoms with Gasteiger partial charge in [0.15, 0.2) is 6.04 Å². The lowest BCUT2D eigenvalue weighted by Gasteiger charge is -2.22. The number of hydrogen-bond acceptors (Lipinski definition) is 3. The van der Waals surface area contributed by atoms with Crippen LogP contribution in [0.3, 0.4) is 0 Å². The zero-order chi connectivity index (χ0) is 14.3. The van der Waals surface area contributed by atoms with Crippen molar-refractivity contribution in [3.63, 3.8) is 0 Å². The Labute approximate surface area is 115 Å². The van der Waals surface area contributed by atoms with Crippen molar-refractivity contribution < 1.29 is 14.7 Å². The van der Waals surface area contributed by atoms with Gasteiger partial charge in [-0.3, -0.25) is 4.79 Å². The number of carboxylic acids is 1. The number of nitrogens with one attached hydrogen (secondary N) is 1. The summed E-state index contributed by atoms with van der Waals surface area (Å²) in [6.45, 7) is 1.80. The number of aliphatic carboxylic acids is 1. The molecular formula is C14H13N3O3. The van der Waals surface area contributed by atoms with Crippen molar-refractivity contribution in [3.8, 4) is 11.1 Å². The number of fused-ring (bicyclic) bond motifs is 1. The van der Waals surface area contributed by atoms with Crippen LogP contribution in [0.2, 0.25) is 0 Å². The Morgan fingerprint density at radius 2 is 2.10 bits per heavy atom. The molecule has 0 fully saturated rings. The molecule has 6 heteroatoms. The van der Waals surface area contributed by atoms with Crippen LogP contribution in [0.5, 0.6) is 0 Å². The van der Waals surface area contributed by atoms with Gasteiger partial charge in [0, 0.05) is 5.56 Å². The number of carbonyl (C=O) groups excluding carboxylic acids is 1. The summed E-state index contributed by atoms with van der Waals surface area (Å²) < 4.78 is 1.39. The summed E-state index contributed by atoms with van der Waals surface area (Å²) in [6, 6.07) is 8.53. The normalized spacial score (nSPS) is 17.4. The summed E-state index contributed by atoms with van der Waals surface area (Å²) in [5, 5.41) is 16.2. The number of nitrogens with zero attached hydrogens (tertiary/aromatic N) is 2. The first-order valence-electron chi connectivity index (χ1n) is 6.25. The van der Waals surface area contributed by atoms with Gasteiger partial charge in [-0.2, -0.15) is 5.10 Å². The van der Waals surface area contributed by atoms with Crippen molar-refractivity contribution in [2.45, 2.75) is 19.4 Å². The fourth-order valence-corrected chi connectivity index (χ4v) is 2.48. The van der Waals surface area contributed by atoms with Gasteiger partial charge in [-0.1, -0.05) is 30.3 Å². The van der Waals surface area contributed by atoms with Crippen molar-refractivity contribution in [3.05, 3.63) is 36.0 Å². The molecule has 1 aliphatic rings. The van der Waals surface area contributed by atoms with Crippen molar-refractivity contribution in [2.75, 3.05) is 5.32 Å². The molecule has 2 aromatic rings. The van der Waals surface area contributed by atoms with E-state index in [0.29, 0.717) is 11.5 Å². The molecule has 3 rings (SSSR count). The molecule has 0 spiro atoms. The molecule has 0 radical (unpaired) electrons. The number of hydrogen-bond donors (Lipinski definition) is 2. The Morgan fingerprint density at radius 1 is 1.40 bits per heavy atom. The Balaban J connectivity index is 2.20. The second-order valence-electron chi connectivity index (χ2n) is 4.73. The average molecular weight is 271 g/mol. The number of anilines is 1. The molecule has 6 nitrogen and oxygen atoms in total. The van der Waals surface area contributed by atoms with Gasteiger partial charge in [0.25, 0.3) is 0 Å². The van der Waals surface area contributed by atoms with Crippen LogP contribution >= 0.6 is 0 Å². The van der Waals surface area contributed by atoms with Crippen molar-refractivity contribution >= 4 is 17.7 Å². The maximum absolute atomic E-state index is 11.7. The highest BCUT2D eigenvalue weighted by molar-refractivity contribution is 5.99. The molecule has 2 heterocycles. The topological polar surface area (TPSA) is 84.2 Å². The summed E-state index contributed by atoms with van der Waals surface area (Å²) >= 11 is 0. The molecular weight excluding hydrogens is 258 g/mol. The molecule has 1 aromatic carbocycles. The van der Waals surface area contributed by atoms with Gasteiger partial charge in [0.05, 0.1) is 12.1 Å². The molecule has 0 aliphatic carbocycles. The monoisotopic (exact) mass is 271 g/mol. The molecule has 20 heavy (non-hydrogen) atoms. The fourth-order valence-electron chi connectivity index (χ4n) is 2.48. The van der Waals surface area contributed by atoms with Crippen LogP contribution in [-0.4, -0.2) is 26.8 Å². The van der Waals surface area contributed by atoms with Gasteiger partial charge in [-0.25, -0.2) is 9.48 Å². The lowest BCUT2D eigenvalue weighted by atomic mass is 10.0. The zero-order valence-electron chi connectivity index (χ0n) is 10.8. The summed E-state index contributed by atoms with van der Waals surface area (Å²) in [6.07, 6.45) is -0.0995. The molecule has 102 valence electrons. The SMILES string of the molecule is Cc1nn2c(c1-c1ccccc1)NC(=O)C[C@@H]2C(=O)O. The molecule has 2 N–H and O–H groups in total. The van der Waals surface area contributed by atoms with E-state index in [0.717, 1.165) is 11.1 Å². The molecule has 0 unspecified atom stereocenters. The summed E-state index contributed by atoms with van der Waals surface area (Å²) in [7, 11) is 0. The number of aryl methyl sites for hydroxylation is 1. The first-order chi connectivity index (χ1) is 9.58. The summed E-state index contributed by atoms with van der Waals surface area (Å²) in [5.74, 6) is -0.900. The second-order valence-corrected chi connectivity index (χ2v) is 4.73. The van der Waals surface area contributed by atoms with Crippen molar-refractivity contribution in [2.24, 2.45) is 0 Å². The Kier molecular flexibility index (Phi) is 2.78. The predicted molar refractivity (Wildman–Crippen MR) is 72.3 cm³/mol. The number of carboxylic acid groups (broad SMARTS) is 1. The van der Waals surface area contributed by atoms with Crippen LogP contribution in [0, 0.1) is 6.92 Å². The first kappa shape index (κ1) is 12.4. The van der Waals surface area contributed by atoms with E-state index in [9.17, 15) is 14.7 Å². The minimum atomic E-state index is -1.05. The first-order valence-corrected chi connectivity index (χ1v) is 6.25. The van der Waals surface area contributed by atoms with Crippen LogP contribution in [-0.2, 0) is 9.59 Å². The minimum absolute atomic E-state index is 0.0995. The van der Waals surface area contributed by atoms with E-state index in [-0.39, 0.29) is 12.3 Å². The summed E-state index contributed by atoms with van der Waals surface area (Å²) in [4.78, 5) is 23.0. The van der Waals surface area contributed by atoms with Gasteiger partial charge >= 0.3 is 5.97 Å². The average Bonchev–Trinajstić information content (AvgIpc) is 2.74. The van der Waals surface area contributed by atoms with Crippen molar-refractivity contribution in [1.29, 1.82) is 0 Å². The number of aromatic nitrogens is 2. The smallest absolute Gasteiger partial charge is 0.329 e. The third kappa shape index (κ3) is 1.85. The predicted octanol–water partition coefficient (Wildman–Crippen LogP) is 1.83. The van der Waals surface area contributed by atoms with Gasteiger partial charge in [-0.05, 0) is 12.5 Å². The molecule has 0 saturated carbocycles. The number of benzene rings is 1. The maximum Gasteiger partial charge on any atom is 0.329 e. The largest absolute Gasteiger partial charge is 0.480 e. The molecule has 0 saturated heterocycles. The van der Waals surface area contributed by atoms with E-state index in [4.69, 9.17) is 0 Å². The molecule has 0 bridgehead atoms. The molecule has 1 aromatic heterocycles. The number of amides is 1. The van der Waals surface area contributed by atoms with E-state index in [1.165, 1.54) is 4.68 Å². The minimum Gasteiger partial charge on any atom is -0.480 e. The van der Waals surface area contributed by atoms with E-state index >= 15 is 0 Å². The standard InChI is InChI=1S/C14H13N3O3/c1-8-12(9-5-3-2-4-6-9)13-15-11(18)7-10(14(19)20)17(13)16-8/h2-6,10H,7H2,1H3,(H,15,18)(H,19,20)/t10-/m1/s1. The highest BCUT2D eigenvalue weighted by Gasteiger charge is 2.34. The Hall–Kier alpha value is -2.63. The van der Waals surface area contributed by atoms with E-state index < -0.39 is 12.0 Å². The molecule has 1 amide bonds. The Bertz CT molecular complexity index is 691. The zero-order valence-corrected chi connectivity index (χ0v) is 10.8. The quantitative estimate of drug-likeness (QED) is 0.872. The van der Waals surface area contributed by atoms with Gasteiger partial charge < -0.3 is 10.4 Å². The van der Waals surface area contributed by atoms with Crippen LogP contribution in [0.15, 0.2) is 30.3 Å². The van der Waals surface area contributed by atoms with Crippen LogP contribution in [0.4, 0.5) is 5.82 Å². The van der Waals surface area contributed by atoms with E-state index in [1.54, 1.807) is 6.92 Å². The molecule has 1 atom stereocenters. The van der Waals surface area contributed by atoms with E-state index in [2.05, 4.69) is 10.4 Å². The van der Waals surface area contributed by atoms with Crippen LogP contribution in [0.1, 0.15) is 18.2 Å². The van der Waals surface area contributed by atoms with Crippen LogP contribution in [0.25, 0.3) is 11.1 Å². The number of rotatable bonds is 2. The summed E-state index contributed by atoms with van der Waals surface area (Å²) in [5.41, 5.74) is 2.36. The maximum atomic E-state index is 11.7. The molecule has 1 aliphatic heterocycles. The van der Waals surface area contributed by atoms with Crippen LogP contribution < -0.4 is 5.32 Å². The van der Waals surface area contributed by atoms with Gasteiger partial charge in [0.2, 0.25) is 5.91 Å². The highest BCUT2D eigenvalue weighted by atomic mass is 16.4.